The first kappa shape index (κ1) is 23.4. The number of benzene rings is 2. The summed E-state index contributed by atoms with van der Waals surface area (Å²) in [6.07, 6.45) is 5.06. The summed E-state index contributed by atoms with van der Waals surface area (Å²) in [5, 5.41) is 0. The van der Waals surface area contributed by atoms with E-state index in [9.17, 15) is 18.4 Å². The van der Waals surface area contributed by atoms with Crippen molar-refractivity contribution in [3.05, 3.63) is 59.7 Å². The average molecular weight is 434 g/mol. The van der Waals surface area contributed by atoms with Crippen LogP contribution in [0.15, 0.2) is 48.6 Å². The van der Waals surface area contributed by atoms with Crippen molar-refractivity contribution in [3.63, 3.8) is 0 Å². The van der Waals surface area contributed by atoms with Gasteiger partial charge in [0.15, 0.2) is 23.0 Å². The maximum atomic E-state index is 12.7. The lowest BCUT2D eigenvalue weighted by molar-refractivity contribution is -0.134. The van der Waals surface area contributed by atoms with Crippen molar-refractivity contribution in [3.8, 4) is 23.0 Å². The van der Waals surface area contributed by atoms with Crippen molar-refractivity contribution >= 4 is 24.1 Å². The van der Waals surface area contributed by atoms with Crippen LogP contribution in [0.5, 0.6) is 23.0 Å². The molecule has 2 aromatic carbocycles. The van der Waals surface area contributed by atoms with Crippen LogP contribution in [0.25, 0.3) is 12.2 Å². The predicted octanol–water partition coefficient (Wildman–Crippen LogP) is 4.11. The van der Waals surface area contributed by atoms with Gasteiger partial charge < -0.3 is 23.7 Å². The van der Waals surface area contributed by atoms with Gasteiger partial charge in [-0.3, -0.25) is 0 Å². The van der Waals surface area contributed by atoms with Crippen LogP contribution in [0.3, 0.4) is 0 Å². The fourth-order valence-corrected chi connectivity index (χ4v) is 2.44. The number of alkyl halides is 2. The fourth-order valence-electron chi connectivity index (χ4n) is 2.44. The van der Waals surface area contributed by atoms with Crippen molar-refractivity contribution in [2.24, 2.45) is 0 Å². The standard InChI is InChI=1S/C22H20F2O7/c1-27-17-6-4-5-15(21(17)31-22(23)24)9-12-20(26)30-16-10-7-14(13-18(16)28-2)8-11-19(25)29-3/h4-13,22H,1-3H3/b11-8+,12-9+. The Morgan fingerprint density at radius 3 is 2.23 bits per heavy atom. The molecule has 0 saturated heterocycles. The number of carbonyl (C=O) groups is 2. The summed E-state index contributed by atoms with van der Waals surface area (Å²) in [5.74, 6) is -1.04. The molecule has 0 unspecified atom stereocenters. The maximum Gasteiger partial charge on any atom is 0.387 e. The van der Waals surface area contributed by atoms with Gasteiger partial charge in [-0.1, -0.05) is 18.2 Å². The molecule has 0 fully saturated rings. The molecule has 0 aromatic heterocycles. The van der Waals surface area contributed by atoms with Gasteiger partial charge in [-0.25, -0.2) is 9.59 Å². The molecule has 0 atom stereocenters. The van der Waals surface area contributed by atoms with Crippen molar-refractivity contribution < 1.29 is 42.1 Å². The molecular formula is C22H20F2O7. The van der Waals surface area contributed by atoms with Crippen LogP contribution in [-0.2, 0) is 14.3 Å². The van der Waals surface area contributed by atoms with Crippen LogP contribution < -0.4 is 18.9 Å². The second-order valence-electron chi connectivity index (χ2n) is 5.78. The highest BCUT2D eigenvalue weighted by molar-refractivity contribution is 5.90. The monoisotopic (exact) mass is 434 g/mol. The minimum atomic E-state index is -3.06. The van der Waals surface area contributed by atoms with Gasteiger partial charge in [0.25, 0.3) is 0 Å². The molecule has 7 nitrogen and oxygen atoms in total. The lowest BCUT2D eigenvalue weighted by Crippen LogP contribution is -2.06. The fraction of sp³-hybridized carbons (Fsp3) is 0.182. The lowest BCUT2D eigenvalue weighted by atomic mass is 10.1. The van der Waals surface area contributed by atoms with Crippen LogP contribution in [0.2, 0.25) is 0 Å². The number of hydrogen-bond acceptors (Lipinski definition) is 7. The van der Waals surface area contributed by atoms with Crippen LogP contribution in [0, 0.1) is 0 Å². The topological polar surface area (TPSA) is 80.3 Å². The zero-order valence-corrected chi connectivity index (χ0v) is 17.0. The molecule has 0 aliphatic carbocycles. The lowest BCUT2D eigenvalue weighted by Gasteiger charge is -2.12. The van der Waals surface area contributed by atoms with E-state index in [-0.39, 0.29) is 28.6 Å². The molecule has 9 heteroatoms. The van der Waals surface area contributed by atoms with Gasteiger partial charge in [0.05, 0.1) is 21.3 Å². The first-order chi connectivity index (χ1) is 14.9. The summed E-state index contributed by atoms with van der Waals surface area (Å²) in [7, 11) is 3.96. The third kappa shape index (κ3) is 6.84. The molecule has 31 heavy (non-hydrogen) atoms. The Bertz CT molecular complexity index is 984. The van der Waals surface area contributed by atoms with Crippen LogP contribution in [0.4, 0.5) is 8.78 Å². The van der Waals surface area contributed by atoms with Gasteiger partial charge in [0.2, 0.25) is 0 Å². The van der Waals surface area contributed by atoms with Gasteiger partial charge in [0, 0.05) is 17.7 Å². The van der Waals surface area contributed by atoms with Gasteiger partial charge in [0.1, 0.15) is 0 Å². The number of esters is 2. The van der Waals surface area contributed by atoms with Crippen LogP contribution >= 0.6 is 0 Å². The Morgan fingerprint density at radius 1 is 0.871 bits per heavy atom. The van der Waals surface area contributed by atoms with Crippen molar-refractivity contribution in [2.45, 2.75) is 6.61 Å². The number of halogens is 2. The van der Waals surface area contributed by atoms with Gasteiger partial charge in [-0.05, 0) is 35.9 Å². The number of para-hydroxylation sites is 1. The number of methoxy groups -OCH3 is 3. The van der Waals surface area contributed by atoms with E-state index < -0.39 is 18.6 Å². The first-order valence-electron chi connectivity index (χ1n) is 8.83. The van der Waals surface area contributed by atoms with Crippen molar-refractivity contribution in [1.29, 1.82) is 0 Å². The largest absolute Gasteiger partial charge is 0.493 e. The Hall–Kier alpha value is -3.88. The van der Waals surface area contributed by atoms with E-state index in [1.165, 1.54) is 57.8 Å². The van der Waals surface area contributed by atoms with Gasteiger partial charge >= 0.3 is 18.6 Å². The van der Waals surface area contributed by atoms with E-state index >= 15 is 0 Å². The number of hydrogen-bond donors (Lipinski definition) is 0. The molecule has 0 N–H and O–H groups in total. The van der Waals surface area contributed by atoms with E-state index in [4.69, 9.17) is 14.2 Å². The molecule has 164 valence electrons. The minimum Gasteiger partial charge on any atom is -0.493 e. The van der Waals surface area contributed by atoms with E-state index in [1.54, 1.807) is 18.2 Å². The van der Waals surface area contributed by atoms with Crippen LogP contribution in [0.1, 0.15) is 11.1 Å². The van der Waals surface area contributed by atoms with E-state index in [1.807, 2.05) is 0 Å². The third-order valence-electron chi connectivity index (χ3n) is 3.85. The summed E-state index contributed by atoms with van der Waals surface area (Å²) in [6, 6.07) is 9.14. The quantitative estimate of drug-likeness (QED) is 0.334. The number of ether oxygens (including phenoxy) is 5. The predicted molar refractivity (Wildman–Crippen MR) is 108 cm³/mol. The highest BCUT2D eigenvalue weighted by Gasteiger charge is 2.14. The Morgan fingerprint density at radius 2 is 1.58 bits per heavy atom. The highest BCUT2D eigenvalue weighted by atomic mass is 19.3. The molecule has 0 aliphatic heterocycles. The van der Waals surface area contributed by atoms with Crippen molar-refractivity contribution in [1.82, 2.24) is 0 Å². The van der Waals surface area contributed by atoms with E-state index in [0.717, 1.165) is 6.08 Å². The van der Waals surface area contributed by atoms with Gasteiger partial charge in [-0.2, -0.15) is 8.78 Å². The summed E-state index contributed by atoms with van der Waals surface area (Å²) in [4.78, 5) is 23.4. The second-order valence-corrected chi connectivity index (χ2v) is 5.78. The molecule has 2 aromatic rings. The molecule has 0 spiro atoms. The molecule has 0 radical (unpaired) electrons. The summed E-state index contributed by atoms with van der Waals surface area (Å²) in [5.41, 5.74) is 0.814. The molecule has 2 rings (SSSR count). The summed E-state index contributed by atoms with van der Waals surface area (Å²) in [6.45, 7) is -3.06. The number of carbonyl (C=O) groups excluding carboxylic acids is 2. The molecule has 0 aliphatic rings. The average Bonchev–Trinajstić information content (AvgIpc) is 2.76. The maximum absolute atomic E-state index is 12.7. The third-order valence-corrected chi connectivity index (χ3v) is 3.85. The van der Waals surface area contributed by atoms with Gasteiger partial charge in [-0.15, -0.1) is 0 Å². The summed E-state index contributed by atoms with van der Waals surface area (Å²) >= 11 is 0. The molecule has 0 bridgehead atoms. The SMILES string of the molecule is COC(=O)/C=C/c1ccc(OC(=O)/C=C/c2cccc(OC)c2OC(F)F)c(OC)c1. The first-order valence-corrected chi connectivity index (χ1v) is 8.83. The molecular weight excluding hydrogens is 414 g/mol. The minimum absolute atomic E-state index is 0.0908. The molecule has 0 saturated carbocycles. The summed E-state index contributed by atoms with van der Waals surface area (Å²) < 4.78 is 49.9. The Labute approximate surface area is 177 Å². The van der Waals surface area contributed by atoms with E-state index in [0.29, 0.717) is 5.56 Å². The molecule has 0 heterocycles. The Balaban J connectivity index is 2.18. The Kier molecular flexibility index (Phi) is 8.56. The highest BCUT2D eigenvalue weighted by Crippen LogP contribution is 2.33. The van der Waals surface area contributed by atoms with E-state index in [2.05, 4.69) is 9.47 Å². The normalized spacial score (nSPS) is 11.0. The smallest absolute Gasteiger partial charge is 0.387 e. The van der Waals surface area contributed by atoms with Crippen LogP contribution in [-0.4, -0.2) is 39.9 Å². The zero-order valence-electron chi connectivity index (χ0n) is 17.0. The second kappa shape index (κ2) is 11.3. The zero-order chi connectivity index (χ0) is 22.8. The van der Waals surface area contributed by atoms with Crippen molar-refractivity contribution in [2.75, 3.05) is 21.3 Å². The molecule has 0 amide bonds. The number of rotatable bonds is 9.